The third-order valence-electron chi connectivity index (χ3n) is 3.75. The van der Waals surface area contributed by atoms with Crippen LogP contribution >= 0.6 is 0 Å². The summed E-state index contributed by atoms with van der Waals surface area (Å²) in [6, 6.07) is 5.09. The standard InChI is InChI=1S/C17H19NO7/c1-10-4-5-11(7-14(19)20)6-13(10)18-9-25-8-12(16(21)23-2)15(18)17(22)24-3/h4-6H,7-9H2,1-3H3,(H,19,20). The first-order valence-corrected chi connectivity index (χ1v) is 7.45. The van der Waals surface area contributed by atoms with Gasteiger partial charge in [0.1, 0.15) is 12.4 Å². The smallest absolute Gasteiger partial charge is 0.355 e. The summed E-state index contributed by atoms with van der Waals surface area (Å²) in [4.78, 5) is 36.7. The summed E-state index contributed by atoms with van der Waals surface area (Å²) in [7, 11) is 2.42. The number of aliphatic carboxylic acids is 1. The van der Waals surface area contributed by atoms with Gasteiger partial charge in [-0.05, 0) is 24.1 Å². The van der Waals surface area contributed by atoms with Crippen LogP contribution in [0.3, 0.4) is 0 Å². The van der Waals surface area contributed by atoms with Gasteiger partial charge in [0, 0.05) is 5.69 Å². The number of hydrogen-bond acceptors (Lipinski definition) is 7. The molecular weight excluding hydrogens is 330 g/mol. The summed E-state index contributed by atoms with van der Waals surface area (Å²) in [5, 5.41) is 8.98. The van der Waals surface area contributed by atoms with Crippen LogP contribution in [0.1, 0.15) is 11.1 Å². The number of esters is 2. The SMILES string of the molecule is COC(=O)C1=C(C(=O)OC)N(c2cc(CC(=O)O)ccc2C)COC1. The van der Waals surface area contributed by atoms with E-state index in [0.29, 0.717) is 11.3 Å². The zero-order chi connectivity index (χ0) is 18.6. The van der Waals surface area contributed by atoms with Gasteiger partial charge in [0.2, 0.25) is 0 Å². The zero-order valence-corrected chi connectivity index (χ0v) is 14.2. The van der Waals surface area contributed by atoms with E-state index in [1.165, 1.54) is 19.1 Å². The minimum Gasteiger partial charge on any atom is -0.481 e. The zero-order valence-electron chi connectivity index (χ0n) is 14.2. The van der Waals surface area contributed by atoms with E-state index in [2.05, 4.69) is 0 Å². The first-order valence-electron chi connectivity index (χ1n) is 7.45. The second kappa shape index (κ2) is 7.80. The quantitative estimate of drug-likeness (QED) is 0.786. The van der Waals surface area contributed by atoms with E-state index in [0.717, 1.165) is 5.56 Å². The predicted molar refractivity (Wildman–Crippen MR) is 86.9 cm³/mol. The number of hydrogen-bond donors (Lipinski definition) is 1. The molecule has 0 amide bonds. The molecule has 25 heavy (non-hydrogen) atoms. The molecule has 0 fully saturated rings. The molecule has 8 nitrogen and oxygen atoms in total. The average molecular weight is 349 g/mol. The van der Waals surface area contributed by atoms with Crippen LogP contribution in [0.5, 0.6) is 0 Å². The van der Waals surface area contributed by atoms with Crippen molar-refractivity contribution >= 4 is 23.6 Å². The molecule has 0 bridgehead atoms. The van der Waals surface area contributed by atoms with E-state index >= 15 is 0 Å². The van der Waals surface area contributed by atoms with Crippen LogP contribution in [0.4, 0.5) is 5.69 Å². The maximum absolute atomic E-state index is 12.3. The minimum atomic E-state index is -0.969. The van der Waals surface area contributed by atoms with Crippen molar-refractivity contribution in [3.8, 4) is 0 Å². The largest absolute Gasteiger partial charge is 0.481 e. The van der Waals surface area contributed by atoms with Crippen molar-refractivity contribution in [2.45, 2.75) is 13.3 Å². The van der Waals surface area contributed by atoms with Crippen LogP contribution in [0.15, 0.2) is 29.5 Å². The lowest BCUT2D eigenvalue weighted by molar-refractivity contribution is -0.140. The molecule has 134 valence electrons. The molecule has 0 spiro atoms. The first-order chi connectivity index (χ1) is 11.9. The number of aryl methyl sites for hydroxylation is 1. The highest BCUT2D eigenvalue weighted by molar-refractivity contribution is 6.03. The lowest BCUT2D eigenvalue weighted by atomic mass is 10.0. The van der Waals surface area contributed by atoms with Crippen molar-refractivity contribution in [2.24, 2.45) is 0 Å². The number of benzene rings is 1. The number of carboxylic acid groups (broad SMARTS) is 1. The fourth-order valence-corrected chi connectivity index (χ4v) is 2.56. The molecule has 0 aromatic heterocycles. The highest BCUT2D eigenvalue weighted by Crippen LogP contribution is 2.30. The van der Waals surface area contributed by atoms with Gasteiger partial charge in [0.25, 0.3) is 0 Å². The maximum Gasteiger partial charge on any atom is 0.355 e. The summed E-state index contributed by atoms with van der Waals surface area (Å²) in [5.41, 5.74) is 1.97. The van der Waals surface area contributed by atoms with Crippen molar-refractivity contribution < 1.29 is 33.7 Å². The number of ether oxygens (including phenoxy) is 3. The van der Waals surface area contributed by atoms with Crippen LogP contribution in [0, 0.1) is 6.92 Å². The van der Waals surface area contributed by atoms with Gasteiger partial charge in [-0.2, -0.15) is 0 Å². The first kappa shape index (κ1) is 18.5. The molecular formula is C17H19NO7. The molecule has 0 saturated carbocycles. The molecule has 1 N–H and O–H groups in total. The van der Waals surface area contributed by atoms with Gasteiger partial charge >= 0.3 is 17.9 Å². The van der Waals surface area contributed by atoms with Gasteiger partial charge in [0.15, 0.2) is 0 Å². The Morgan fingerprint density at radius 3 is 2.48 bits per heavy atom. The van der Waals surface area contributed by atoms with E-state index in [9.17, 15) is 14.4 Å². The Morgan fingerprint density at radius 2 is 1.88 bits per heavy atom. The van der Waals surface area contributed by atoms with Crippen molar-refractivity contribution in [1.29, 1.82) is 0 Å². The van der Waals surface area contributed by atoms with E-state index in [1.807, 2.05) is 0 Å². The molecule has 0 aliphatic carbocycles. The van der Waals surface area contributed by atoms with Gasteiger partial charge < -0.3 is 24.2 Å². The molecule has 1 aromatic rings. The average Bonchev–Trinajstić information content (AvgIpc) is 2.60. The van der Waals surface area contributed by atoms with Crippen molar-refractivity contribution in [3.05, 3.63) is 40.6 Å². The van der Waals surface area contributed by atoms with Gasteiger partial charge in [-0.15, -0.1) is 0 Å². The molecule has 2 rings (SSSR count). The third kappa shape index (κ3) is 3.97. The van der Waals surface area contributed by atoms with Crippen LogP contribution < -0.4 is 4.90 Å². The second-order valence-corrected chi connectivity index (χ2v) is 5.41. The van der Waals surface area contributed by atoms with Gasteiger partial charge in [0.05, 0.1) is 32.8 Å². The Kier molecular flexibility index (Phi) is 5.76. The lowest BCUT2D eigenvalue weighted by Crippen LogP contribution is -2.39. The molecule has 0 saturated heterocycles. The molecule has 0 radical (unpaired) electrons. The summed E-state index contributed by atoms with van der Waals surface area (Å²) in [5.74, 6) is -2.36. The maximum atomic E-state index is 12.3. The topological polar surface area (TPSA) is 102 Å². The normalized spacial score (nSPS) is 14.3. The van der Waals surface area contributed by atoms with Gasteiger partial charge in [-0.25, -0.2) is 9.59 Å². The van der Waals surface area contributed by atoms with E-state index < -0.39 is 17.9 Å². The van der Waals surface area contributed by atoms with Crippen LogP contribution in [0.2, 0.25) is 0 Å². The molecule has 1 heterocycles. The molecule has 1 aromatic carbocycles. The summed E-state index contributed by atoms with van der Waals surface area (Å²) >= 11 is 0. The van der Waals surface area contributed by atoms with Gasteiger partial charge in [-0.3, -0.25) is 4.79 Å². The predicted octanol–water partition coefficient (Wildman–Crippen LogP) is 1.02. The fourth-order valence-electron chi connectivity index (χ4n) is 2.56. The van der Waals surface area contributed by atoms with Crippen LogP contribution in [0.25, 0.3) is 0 Å². The third-order valence-corrected chi connectivity index (χ3v) is 3.75. The van der Waals surface area contributed by atoms with E-state index in [4.69, 9.17) is 19.3 Å². The Hall–Kier alpha value is -2.87. The second-order valence-electron chi connectivity index (χ2n) is 5.41. The number of carbonyl (C=O) groups is 3. The Bertz CT molecular complexity index is 739. The van der Waals surface area contributed by atoms with Gasteiger partial charge in [-0.1, -0.05) is 12.1 Å². The summed E-state index contributed by atoms with van der Waals surface area (Å²) in [6.45, 7) is 1.74. The van der Waals surface area contributed by atoms with Crippen molar-refractivity contribution in [1.82, 2.24) is 0 Å². The number of carbonyl (C=O) groups excluding carboxylic acids is 2. The molecule has 1 aliphatic rings. The van der Waals surface area contributed by atoms with E-state index in [-0.39, 0.29) is 31.0 Å². The number of anilines is 1. The van der Waals surface area contributed by atoms with Crippen LogP contribution in [-0.2, 0) is 35.0 Å². The number of carboxylic acids is 1. The molecule has 8 heteroatoms. The van der Waals surface area contributed by atoms with Crippen molar-refractivity contribution in [2.75, 3.05) is 32.5 Å². The number of rotatable bonds is 5. The monoisotopic (exact) mass is 349 g/mol. The van der Waals surface area contributed by atoms with Crippen LogP contribution in [-0.4, -0.2) is 50.6 Å². The lowest BCUT2D eigenvalue weighted by Gasteiger charge is -2.32. The summed E-state index contributed by atoms with van der Waals surface area (Å²) < 4.78 is 14.9. The molecule has 0 atom stereocenters. The van der Waals surface area contributed by atoms with E-state index in [1.54, 1.807) is 25.1 Å². The number of methoxy groups -OCH3 is 2. The minimum absolute atomic E-state index is 0.0162. The molecule has 1 aliphatic heterocycles. The summed E-state index contributed by atoms with van der Waals surface area (Å²) in [6.07, 6.45) is -0.164. The molecule has 0 unspecified atom stereocenters. The Morgan fingerprint density at radius 1 is 1.20 bits per heavy atom. The highest BCUT2D eigenvalue weighted by Gasteiger charge is 2.33. The number of nitrogens with zero attached hydrogens (tertiary/aromatic N) is 1. The van der Waals surface area contributed by atoms with Crippen molar-refractivity contribution in [3.63, 3.8) is 0 Å². The fraction of sp³-hybridized carbons (Fsp3) is 0.353. The Balaban J connectivity index is 2.57. The highest BCUT2D eigenvalue weighted by atomic mass is 16.5. The Labute approximate surface area is 144 Å².